The quantitative estimate of drug-likeness (QED) is 0.646. The average molecular weight is 465 g/mol. The van der Waals surface area contributed by atoms with Gasteiger partial charge >= 0.3 is 0 Å². The second kappa shape index (κ2) is 11.2. The van der Waals surface area contributed by atoms with Gasteiger partial charge in [0.2, 0.25) is 21.8 Å². The standard InChI is InChI=1S/C23H36N4O4S/c1-18(25-32(30,31)22-11-9-21(10-12-22)24-19(2)28)23(29)27-14-6-13-26(15-16-27)17-20-7-4-3-5-8-20/h9-12,18,20,25H,3-8,13-17H2,1-2H3,(H,24,28)/t18-/m0/s1. The van der Waals surface area contributed by atoms with E-state index in [4.69, 9.17) is 0 Å². The number of carbonyl (C=O) groups is 2. The van der Waals surface area contributed by atoms with E-state index in [0.29, 0.717) is 18.8 Å². The molecule has 0 unspecified atom stereocenters. The Balaban J connectivity index is 1.53. The molecule has 1 aromatic rings. The highest BCUT2D eigenvalue weighted by molar-refractivity contribution is 7.89. The van der Waals surface area contributed by atoms with Crippen LogP contribution in [0.5, 0.6) is 0 Å². The van der Waals surface area contributed by atoms with Crippen LogP contribution in [0.2, 0.25) is 0 Å². The van der Waals surface area contributed by atoms with Gasteiger partial charge in [-0.25, -0.2) is 8.42 Å². The van der Waals surface area contributed by atoms with Crippen molar-refractivity contribution >= 4 is 27.5 Å². The lowest BCUT2D eigenvalue weighted by atomic mass is 9.89. The number of hydrogen-bond donors (Lipinski definition) is 2. The van der Waals surface area contributed by atoms with Crippen molar-refractivity contribution < 1.29 is 18.0 Å². The van der Waals surface area contributed by atoms with Crippen molar-refractivity contribution in [1.82, 2.24) is 14.5 Å². The molecule has 0 bridgehead atoms. The molecule has 0 aromatic heterocycles. The number of carbonyl (C=O) groups excluding carboxylic acids is 2. The van der Waals surface area contributed by atoms with Crippen LogP contribution in [0.25, 0.3) is 0 Å². The van der Waals surface area contributed by atoms with Gasteiger partial charge in [-0.3, -0.25) is 9.59 Å². The summed E-state index contributed by atoms with van der Waals surface area (Å²) < 4.78 is 28.0. The zero-order chi connectivity index (χ0) is 23.1. The fourth-order valence-corrected chi connectivity index (χ4v) is 5.85. The number of benzene rings is 1. The first-order chi connectivity index (χ1) is 15.2. The monoisotopic (exact) mass is 464 g/mol. The van der Waals surface area contributed by atoms with Gasteiger partial charge in [0, 0.05) is 38.8 Å². The van der Waals surface area contributed by atoms with Crippen LogP contribution in [0.3, 0.4) is 0 Å². The summed E-state index contributed by atoms with van der Waals surface area (Å²) >= 11 is 0. The number of sulfonamides is 1. The Morgan fingerprint density at radius 2 is 1.69 bits per heavy atom. The van der Waals surface area contributed by atoms with E-state index in [9.17, 15) is 18.0 Å². The first kappa shape index (κ1) is 24.7. The minimum atomic E-state index is -3.85. The molecule has 1 saturated carbocycles. The van der Waals surface area contributed by atoms with Crippen molar-refractivity contribution in [3.8, 4) is 0 Å². The van der Waals surface area contributed by atoms with Crippen LogP contribution in [0.1, 0.15) is 52.4 Å². The van der Waals surface area contributed by atoms with Crippen LogP contribution in [0.4, 0.5) is 5.69 Å². The molecule has 2 fully saturated rings. The predicted octanol–water partition coefficient (Wildman–Crippen LogP) is 2.43. The molecule has 32 heavy (non-hydrogen) atoms. The van der Waals surface area contributed by atoms with Crippen LogP contribution in [0.15, 0.2) is 29.2 Å². The first-order valence-electron chi connectivity index (χ1n) is 11.7. The highest BCUT2D eigenvalue weighted by Crippen LogP contribution is 2.25. The zero-order valence-electron chi connectivity index (χ0n) is 19.2. The maximum absolute atomic E-state index is 13.0. The van der Waals surface area contributed by atoms with Crippen LogP contribution < -0.4 is 10.0 Å². The number of nitrogens with zero attached hydrogens (tertiary/aromatic N) is 2. The summed E-state index contributed by atoms with van der Waals surface area (Å²) in [5.74, 6) is 0.351. The summed E-state index contributed by atoms with van der Waals surface area (Å²) in [5, 5.41) is 2.60. The maximum Gasteiger partial charge on any atom is 0.241 e. The van der Waals surface area contributed by atoms with Crippen molar-refractivity contribution in [3.05, 3.63) is 24.3 Å². The number of anilines is 1. The minimum Gasteiger partial charge on any atom is -0.340 e. The van der Waals surface area contributed by atoms with E-state index >= 15 is 0 Å². The Bertz CT molecular complexity index is 882. The molecule has 2 aliphatic rings. The van der Waals surface area contributed by atoms with Gasteiger partial charge in [0.05, 0.1) is 10.9 Å². The summed E-state index contributed by atoms with van der Waals surface area (Å²) in [5.41, 5.74) is 0.517. The molecule has 3 rings (SSSR count). The summed E-state index contributed by atoms with van der Waals surface area (Å²) in [6, 6.07) is 5.04. The van der Waals surface area contributed by atoms with Gasteiger partial charge in [-0.1, -0.05) is 19.3 Å². The number of rotatable bonds is 7. The first-order valence-corrected chi connectivity index (χ1v) is 13.1. The van der Waals surface area contributed by atoms with Crippen molar-refractivity contribution in [2.24, 2.45) is 5.92 Å². The molecule has 1 saturated heterocycles. The van der Waals surface area contributed by atoms with E-state index in [1.165, 1.54) is 63.3 Å². The normalized spacial score (nSPS) is 19.9. The Kier molecular flexibility index (Phi) is 8.67. The smallest absolute Gasteiger partial charge is 0.241 e. The molecule has 1 aliphatic heterocycles. The van der Waals surface area contributed by atoms with Gasteiger partial charge in [-0.15, -0.1) is 0 Å². The van der Waals surface area contributed by atoms with E-state index in [1.54, 1.807) is 11.8 Å². The van der Waals surface area contributed by atoms with E-state index in [-0.39, 0.29) is 16.7 Å². The summed E-state index contributed by atoms with van der Waals surface area (Å²) in [6.07, 6.45) is 7.54. The molecule has 2 N–H and O–H groups in total. The highest BCUT2D eigenvalue weighted by atomic mass is 32.2. The summed E-state index contributed by atoms with van der Waals surface area (Å²) in [7, 11) is -3.85. The lowest BCUT2D eigenvalue weighted by molar-refractivity contribution is -0.132. The third-order valence-electron chi connectivity index (χ3n) is 6.33. The number of nitrogens with one attached hydrogen (secondary N) is 2. The molecular formula is C23H36N4O4S. The number of hydrogen-bond acceptors (Lipinski definition) is 5. The fourth-order valence-electron chi connectivity index (χ4n) is 4.65. The van der Waals surface area contributed by atoms with Crippen molar-refractivity contribution in [2.45, 2.75) is 63.3 Å². The van der Waals surface area contributed by atoms with Crippen molar-refractivity contribution in [1.29, 1.82) is 0 Å². The van der Waals surface area contributed by atoms with Gasteiger partial charge in [0.25, 0.3) is 0 Å². The maximum atomic E-state index is 13.0. The summed E-state index contributed by atoms with van der Waals surface area (Å²) in [4.78, 5) is 28.4. The SMILES string of the molecule is CC(=O)Nc1ccc(S(=O)(=O)N[C@@H](C)C(=O)N2CCCN(CC3CCCCC3)CC2)cc1. The Labute approximate surface area is 191 Å². The van der Waals surface area contributed by atoms with Gasteiger partial charge in [0.1, 0.15) is 0 Å². The van der Waals surface area contributed by atoms with Gasteiger partial charge in [-0.05, 0) is 62.9 Å². The lowest BCUT2D eigenvalue weighted by Gasteiger charge is -2.29. The molecule has 1 aliphatic carbocycles. The van der Waals surface area contributed by atoms with Gasteiger partial charge in [-0.2, -0.15) is 4.72 Å². The topological polar surface area (TPSA) is 98.8 Å². The van der Waals surface area contributed by atoms with E-state index in [1.807, 2.05) is 0 Å². The largest absolute Gasteiger partial charge is 0.340 e. The van der Waals surface area contributed by atoms with E-state index < -0.39 is 16.1 Å². The van der Waals surface area contributed by atoms with Crippen molar-refractivity contribution in [3.63, 3.8) is 0 Å². The molecule has 0 radical (unpaired) electrons. The van der Waals surface area contributed by atoms with Crippen LogP contribution in [-0.4, -0.2) is 68.8 Å². The zero-order valence-corrected chi connectivity index (χ0v) is 20.0. The van der Waals surface area contributed by atoms with Crippen LogP contribution in [-0.2, 0) is 19.6 Å². The van der Waals surface area contributed by atoms with Crippen LogP contribution in [0, 0.1) is 5.92 Å². The van der Waals surface area contributed by atoms with Crippen LogP contribution >= 0.6 is 0 Å². The lowest BCUT2D eigenvalue weighted by Crippen LogP contribution is -2.48. The Morgan fingerprint density at radius 1 is 1.00 bits per heavy atom. The molecule has 8 nitrogen and oxygen atoms in total. The van der Waals surface area contributed by atoms with Crippen molar-refractivity contribution in [2.75, 3.05) is 38.0 Å². The number of amides is 2. The molecule has 1 atom stereocenters. The third kappa shape index (κ3) is 7.02. The second-order valence-electron chi connectivity index (χ2n) is 9.03. The van der Waals surface area contributed by atoms with E-state index in [0.717, 1.165) is 32.0 Å². The minimum absolute atomic E-state index is 0.0563. The molecule has 9 heteroatoms. The molecular weight excluding hydrogens is 428 g/mol. The van der Waals surface area contributed by atoms with E-state index in [2.05, 4.69) is 14.9 Å². The molecule has 1 aromatic carbocycles. The van der Waals surface area contributed by atoms with Gasteiger partial charge < -0.3 is 15.1 Å². The fraction of sp³-hybridized carbons (Fsp3) is 0.652. The summed E-state index contributed by atoms with van der Waals surface area (Å²) in [6.45, 7) is 7.19. The molecule has 2 amide bonds. The Hall–Kier alpha value is -1.97. The van der Waals surface area contributed by atoms with Gasteiger partial charge in [0.15, 0.2) is 0 Å². The predicted molar refractivity (Wildman–Crippen MR) is 125 cm³/mol. The molecule has 178 valence electrons. The second-order valence-corrected chi connectivity index (χ2v) is 10.7. The average Bonchev–Trinajstić information content (AvgIpc) is 2.99. The Morgan fingerprint density at radius 3 is 2.34 bits per heavy atom. The molecule has 0 spiro atoms. The highest BCUT2D eigenvalue weighted by Gasteiger charge is 2.28. The third-order valence-corrected chi connectivity index (χ3v) is 7.89. The molecule has 1 heterocycles.